The van der Waals surface area contributed by atoms with E-state index in [1.807, 2.05) is 25.4 Å². The van der Waals surface area contributed by atoms with Gasteiger partial charge < -0.3 is 19.6 Å². The van der Waals surface area contributed by atoms with Crippen LogP contribution in [0.15, 0.2) is 42.6 Å². The number of rotatable bonds is 6. The van der Waals surface area contributed by atoms with Crippen LogP contribution in [0.2, 0.25) is 0 Å². The number of aryl methyl sites for hydroxylation is 1. The molecule has 0 radical (unpaired) electrons. The molecule has 0 bridgehead atoms. The Balaban J connectivity index is 1.51. The van der Waals surface area contributed by atoms with Gasteiger partial charge in [-0.15, -0.1) is 0 Å². The van der Waals surface area contributed by atoms with Crippen LogP contribution >= 0.6 is 0 Å². The third kappa shape index (κ3) is 3.48. The molecule has 3 aromatic rings. The monoisotopic (exact) mass is 434 g/mol. The van der Waals surface area contributed by atoms with Gasteiger partial charge in [0.1, 0.15) is 5.75 Å². The number of nitrogens with zero attached hydrogens (tertiary/aromatic N) is 1. The quantitative estimate of drug-likeness (QED) is 0.576. The van der Waals surface area contributed by atoms with Gasteiger partial charge in [0.2, 0.25) is 0 Å². The molecule has 1 saturated carbocycles. The lowest BCUT2D eigenvalue weighted by atomic mass is 9.83. The summed E-state index contributed by atoms with van der Waals surface area (Å²) >= 11 is 0. The number of H-pyrrole nitrogens is 1. The van der Waals surface area contributed by atoms with Gasteiger partial charge >= 0.3 is 5.97 Å². The molecule has 32 heavy (non-hydrogen) atoms. The summed E-state index contributed by atoms with van der Waals surface area (Å²) in [5, 5.41) is 10.5. The number of nitrogens with one attached hydrogen (secondary N) is 1. The van der Waals surface area contributed by atoms with Crippen LogP contribution in [0.25, 0.3) is 10.9 Å². The zero-order valence-electron chi connectivity index (χ0n) is 18.9. The molecule has 1 spiro atoms. The molecule has 0 amide bonds. The second-order valence-electron chi connectivity index (χ2n) is 9.30. The van der Waals surface area contributed by atoms with Gasteiger partial charge in [0.05, 0.1) is 18.8 Å². The van der Waals surface area contributed by atoms with Gasteiger partial charge in [-0.05, 0) is 68.1 Å². The molecule has 3 atom stereocenters. The molecule has 1 saturated heterocycles. The van der Waals surface area contributed by atoms with Crippen LogP contribution < -0.4 is 4.74 Å². The summed E-state index contributed by atoms with van der Waals surface area (Å²) in [6.45, 7) is 3.84. The third-order valence-corrected chi connectivity index (χ3v) is 7.57. The summed E-state index contributed by atoms with van der Waals surface area (Å²) in [5.74, 6) is 0.0189. The molecule has 6 heteroatoms. The van der Waals surface area contributed by atoms with Gasteiger partial charge in [0.25, 0.3) is 0 Å². The zero-order chi connectivity index (χ0) is 22.5. The predicted octanol–water partition coefficient (Wildman–Crippen LogP) is 4.93. The number of carboxylic acids is 1. The van der Waals surface area contributed by atoms with Crippen molar-refractivity contribution in [2.45, 2.75) is 44.9 Å². The zero-order valence-corrected chi connectivity index (χ0v) is 18.9. The van der Waals surface area contributed by atoms with Crippen LogP contribution in [0.5, 0.6) is 5.75 Å². The Bertz CT molecular complexity index is 1150. The highest BCUT2D eigenvalue weighted by atomic mass is 16.5. The Morgan fingerprint density at radius 2 is 2.00 bits per heavy atom. The Hall–Kier alpha value is -2.83. The van der Waals surface area contributed by atoms with Crippen LogP contribution in [-0.2, 0) is 11.3 Å². The molecule has 3 unspecified atom stereocenters. The van der Waals surface area contributed by atoms with Gasteiger partial charge in [-0.3, -0.25) is 4.90 Å². The van der Waals surface area contributed by atoms with Crippen molar-refractivity contribution in [2.75, 3.05) is 20.8 Å². The van der Waals surface area contributed by atoms with Crippen molar-refractivity contribution in [1.82, 2.24) is 9.88 Å². The first kappa shape index (κ1) is 21.0. The van der Waals surface area contributed by atoms with E-state index >= 15 is 0 Å². The molecule has 2 fully saturated rings. The van der Waals surface area contributed by atoms with E-state index in [-0.39, 0.29) is 11.5 Å². The number of piperidine rings is 1. The molecule has 5 rings (SSSR count). The molecule has 1 aromatic heterocycles. The third-order valence-electron chi connectivity index (χ3n) is 7.57. The number of aromatic carboxylic acids is 1. The SMILES string of the molecule is COc1cc(C)c2[nH]ccc2c1CN1CCC2(CC1c1ccc(C(=O)O)cc1)CC2OC. The molecule has 1 aliphatic heterocycles. The lowest BCUT2D eigenvalue weighted by molar-refractivity contribution is 0.0546. The number of carboxylic acid groups (broad SMARTS) is 1. The van der Waals surface area contributed by atoms with E-state index in [0.717, 1.165) is 49.2 Å². The summed E-state index contributed by atoms with van der Waals surface area (Å²) < 4.78 is 11.5. The Kier molecular flexibility index (Phi) is 5.22. The van der Waals surface area contributed by atoms with Crippen molar-refractivity contribution in [1.29, 1.82) is 0 Å². The summed E-state index contributed by atoms with van der Waals surface area (Å²) in [6, 6.07) is 11.8. The van der Waals surface area contributed by atoms with E-state index in [1.165, 1.54) is 16.5 Å². The van der Waals surface area contributed by atoms with Crippen molar-refractivity contribution in [3.8, 4) is 5.75 Å². The minimum Gasteiger partial charge on any atom is -0.496 e. The summed E-state index contributed by atoms with van der Waals surface area (Å²) in [4.78, 5) is 17.2. The second kappa shape index (κ2) is 7.94. The molecule has 168 valence electrons. The maximum atomic E-state index is 11.3. The second-order valence-corrected chi connectivity index (χ2v) is 9.30. The van der Waals surface area contributed by atoms with Crippen LogP contribution in [0, 0.1) is 12.3 Å². The topological polar surface area (TPSA) is 74.8 Å². The smallest absolute Gasteiger partial charge is 0.335 e. The van der Waals surface area contributed by atoms with Crippen LogP contribution in [0.1, 0.15) is 52.4 Å². The van der Waals surface area contributed by atoms with E-state index in [2.05, 4.69) is 28.9 Å². The van der Waals surface area contributed by atoms with E-state index < -0.39 is 5.97 Å². The highest BCUT2D eigenvalue weighted by Crippen LogP contribution is 2.59. The summed E-state index contributed by atoms with van der Waals surface area (Å²) in [7, 11) is 3.54. The van der Waals surface area contributed by atoms with Gasteiger partial charge in [0.15, 0.2) is 0 Å². The highest BCUT2D eigenvalue weighted by molar-refractivity contribution is 5.88. The molecule has 6 nitrogen and oxygen atoms in total. The summed E-state index contributed by atoms with van der Waals surface area (Å²) in [5.41, 5.74) is 5.23. The van der Waals surface area contributed by atoms with Crippen molar-refractivity contribution >= 4 is 16.9 Å². The highest BCUT2D eigenvalue weighted by Gasteiger charge is 2.57. The van der Waals surface area contributed by atoms with Gasteiger partial charge in [-0.25, -0.2) is 4.79 Å². The minimum absolute atomic E-state index is 0.201. The first-order valence-corrected chi connectivity index (χ1v) is 11.2. The fraction of sp³-hybridized carbons (Fsp3) is 0.423. The maximum absolute atomic E-state index is 11.3. The molecular formula is C26H30N2O4. The number of ether oxygens (including phenoxy) is 2. The van der Waals surface area contributed by atoms with E-state index in [0.29, 0.717) is 11.7 Å². The van der Waals surface area contributed by atoms with Crippen molar-refractivity contribution in [3.05, 3.63) is 64.8 Å². The summed E-state index contributed by atoms with van der Waals surface area (Å²) in [6.07, 6.45) is 5.55. The number of aromatic amines is 1. The van der Waals surface area contributed by atoms with Crippen LogP contribution in [-0.4, -0.2) is 47.8 Å². The van der Waals surface area contributed by atoms with E-state index in [1.54, 1.807) is 19.2 Å². The molecular weight excluding hydrogens is 404 g/mol. The largest absolute Gasteiger partial charge is 0.496 e. The molecule has 1 aliphatic carbocycles. The molecule has 2 N–H and O–H groups in total. The standard InChI is InChI=1S/C26H30N2O4/c1-16-12-22(31-2)20(19-8-10-27-24(16)19)15-28-11-9-26(14-23(26)32-3)13-21(28)17-4-6-18(7-5-17)25(29)30/h4-8,10,12,21,23,27H,9,11,13-15H2,1-3H3,(H,29,30). The lowest BCUT2D eigenvalue weighted by Crippen LogP contribution is -2.38. The number of aromatic nitrogens is 1. The van der Waals surface area contributed by atoms with Crippen LogP contribution in [0.3, 0.4) is 0 Å². The van der Waals surface area contributed by atoms with Crippen molar-refractivity contribution < 1.29 is 19.4 Å². The number of methoxy groups -OCH3 is 2. The number of hydrogen-bond acceptors (Lipinski definition) is 4. The van der Waals surface area contributed by atoms with Crippen molar-refractivity contribution in [3.63, 3.8) is 0 Å². The van der Waals surface area contributed by atoms with E-state index in [4.69, 9.17) is 9.47 Å². The average Bonchev–Trinajstić information content (AvgIpc) is 3.23. The van der Waals surface area contributed by atoms with Crippen LogP contribution in [0.4, 0.5) is 0 Å². The number of benzene rings is 2. The molecule has 2 aliphatic rings. The normalized spacial score (nSPS) is 25.3. The van der Waals surface area contributed by atoms with Gasteiger partial charge in [-0.1, -0.05) is 12.1 Å². The number of fused-ring (bicyclic) bond motifs is 1. The fourth-order valence-electron chi connectivity index (χ4n) is 5.61. The minimum atomic E-state index is -0.894. The molecule has 2 heterocycles. The van der Waals surface area contributed by atoms with Crippen molar-refractivity contribution in [2.24, 2.45) is 5.41 Å². The number of hydrogen-bond donors (Lipinski definition) is 2. The number of likely N-dealkylation sites (tertiary alicyclic amines) is 1. The average molecular weight is 435 g/mol. The predicted molar refractivity (Wildman–Crippen MR) is 123 cm³/mol. The number of carbonyl (C=O) groups is 1. The first-order valence-electron chi connectivity index (χ1n) is 11.2. The fourth-order valence-corrected chi connectivity index (χ4v) is 5.61. The van der Waals surface area contributed by atoms with E-state index in [9.17, 15) is 9.90 Å². The Morgan fingerprint density at radius 1 is 1.22 bits per heavy atom. The Labute approximate surface area is 188 Å². The van der Waals surface area contributed by atoms with Gasteiger partial charge in [0, 0.05) is 47.8 Å². The first-order chi connectivity index (χ1) is 15.5. The van der Waals surface area contributed by atoms with Gasteiger partial charge in [-0.2, -0.15) is 0 Å². The Morgan fingerprint density at radius 3 is 2.66 bits per heavy atom. The lowest BCUT2D eigenvalue weighted by Gasteiger charge is -2.41. The molecule has 2 aromatic carbocycles. The maximum Gasteiger partial charge on any atom is 0.335 e.